The van der Waals surface area contributed by atoms with E-state index in [2.05, 4.69) is 13.0 Å². The minimum atomic E-state index is -0.939. The van der Waals surface area contributed by atoms with Crippen LogP contribution in [0.1, 0.15) is 73.1 Å². The second-order valence-corrected chi connectivity index (χ2v) is 10.6. The molecule has 0 aromatic heterocycles. The lowest BCUT2D eigenvalue weighted by molar-refractivity contribution is -0.311. The Morgan fingerprint density at radius 1 is 1.34 bits per heavy atom. The van der Waals surface area contributed by atoms with Crippen LogP contribution in [-0.4, -0.2) is 46.2 Å². The number of allylic oxidation sites excluding steroid dienone is 2. The fourth-order valence-corrected chi connectivity index (χ4v) is 5.14. The highest BCUT2D eigenvalue weighted by Gasteiger charge is 2.47. The van der Waals surface area contributed by atoms with Crippen molar-refractivity contribution in [3.05, 3.63) is 23.8 Å². The van der Waals surface area contributed by atoms with Crippen LogP contribution in [0.25, 0.3) is 0 Å². The lowest BCUT2D eigenvalue weighted by atomic mass is 9.64. The van der Waals surface area contributed by atoms with Gasteiger partial charge in [-0.05, 0) is 63.5 Å². The van der Waals surface area contributed by atoms with Crippen molar-refractivity contribution in [1.82, 2.24) is 0 Å². The van der Waals surface area contributed by atoms with Crippen LogP contribution < -0.4 is 0 Å². The van der Waals surface area contributed by atoms with Gasteiger partial charge < -0.3 is 14.6 Å². The third kappa shape index (κ3) is 5.43. The summed E-state index contributed by atoms with van der Waals surface area (Å²) in [5, 5.41) is 19.5. The Balaban J connectivity index is 1.84. The highest BCUT2D eigenvalue weighted by molar-refractivity contribution is 5.76. The first-order valence-corrected chi connectivity index (χ1v) is 11.8. The first-order chi connectivity index (χ1) is 15.0. The molecule has 0 spiro atoms. The van der Waals surface area contributed by atoms with Gasteiger partial charge in [0.05, 0.1) is 17.9 Å². The van der Waals surface area contributed by atoms with E-state index in [1.807, 2.05) is 32.9 Å². The van der Waals surface area contributed by atoms with Gasteiger partial charge in [0.25, 0.3) is 0 Å². The number of hydrogen-bond acceptors (Lipinski definition) is 7. The number of aliphatic hydroxyl groups excluding tert-OH is 1. The molecule has 0 saturated carbocycles. The van der Waals surface area contributed by atoms with Gasteiger partial charge in [-0.1, -0.05) is 26.0 Å². The summed E-state index contributed by atoms with van der Waals surface area (Å²) in [7, 11) is 0. The first kappa shape index (κ1) is 24.9. The number of cyclic esters (lactones) is 1. The van der Waals surface area contributed by atoms with Gasteiger partial charge in [-0.25, -0.2) is 4.89 Å². The number of ether oxygens (including phenoxy) is 2. The Kier molecular flexibility index (Phi) is 7.52. The second-order valence-electron chi connectivity index (χ2n) is 10.6. The molecule has 0 bridgehead atoms. The average Bonchev–Trinajstić information content (AvgIpc) is 2.72. The number of rotatable bonds is 7. The van der Waals surface area contributed by atoms with Crippen molar-refractivity contribution in [2.45, 2.75) is 97.1 Å². The van der Waals surface area contributed by atoms with E-state index < -0.39 is 23.2 Å². The molecule has 2 aliphatic carbocycles. The molecule has 1 heterocycles. The van der Waals surface area contributed by atoms with E-state index in [-0.39, 0.29) is 42.2 Å². The molecule has 7 nitrogen and oxygen atoms in total. The maximum absolute atomic E-state index is 13.0. The molecule has 0 aromatic rings. The summed E-state index contributed by atoms with van der Waals surface area (Å²) in [5.74, 6) is -0.250. The highest BCUT2D eigenvalue weighted by Crippen LogP contribution is 2.47. The monoisotopic (exact) mass is 450 g/mol. The minimum absolute atomic E-state index is 0.0425. The van der Waals surface area contributed by atoms with Crippen LogP contribution in [0, 0.1) is 23.2 Å². The molecule has 7 heteroatoms. The Labute approximate surface area is 190 Å². The SMILES string of the molecule is CCC(C)(C)C(=O)O[C@H]1C[C@](C)(OO)C=C2C=C[C@H](C)[C@H](CC[C@@H]3C[C@@H](O)CC(=O)O3)[C@H]21. The molecule has 32 heavy (non-hydrogen) atoms. The summed E-state index contributed by atoms with van der Waals surface area (Å²) in [4.78, 5) is 29.5. The molecule has 1 aliphatic heterocycles. The summed E-state index contributed by atoms with van der Waals surface area (Å²) in [5.41, 5.74) is -0.551. The van der Waals surface area contributed by atoms with Crippen LogP contribution in [0.15, 0.2) is 23.8 Å². The van der Waals surface area contributed by atoms with Crippen molar-refractivity contribution in [3.8, 4) is 0 Å². The van der Waals surface area contributed by atoms with Gasteiger partial charge in [0, 0.05) is 18.8 Å². The van der Waals surface area contributed by atoms with E-state index in [1.165, 1.54) is 0 Å². The summed E-state index contributed by atoms with van der Waals surface area (Å²) in [6.45, 7) is 9.64. The van der Waals surface area contributed by atoms with Crippen molar-refractivity contribution in [3.63, 3.8) is 0 Å². The Bertz CT molecular complexity index is 770. The number of carbonyl (C=O) groups excluding carboxylic acids is 2. The van der Waals surface area contributed by atoms with Crippen molar-refractivity contribution in [2.75, 3.05) is 0 Å². The van der Waals surface area contributed by atoms with Gasteiger partial charge in [-0.15, -0.1) is 0 Å². The predicted octanol–water partition coefficient (Wildman–Crippen LogP) is 4.20. The number of fused-ring (bicyclic) bond motifs is 1. The van der Waals surface area contributed by atoms with Crippen molar-refractivity contribution < 1.29 is 34.3 Å². The van der Waals surface area contributed by atoms with E-state index >= 15 is 0 Å². The van der Waals surface area contributed by atoms with E-state index in [4.69, 9.17) is 14.4 Å². The summed E-state index contributed by atoms with van der Waals surface area (Å²) in [6.07, 6.45) is 7.64. The second kappa shape index (κ2) is 9.65. The highest BCUT2D eigenvalue weighted by atomic mass is 17.1. The van der Waals surface area contributed by atoms with Gasteiger partial charge >= 0.3 is 11.9 Å². The molecule has 0 amide bonds. The summed E-state index contributed by atoms with van der Waals surface area (Å²) >= 11 is 0. The lowest BCUT2D eigenvalue weighted by Gasteiger charge is -2.46. The molecule has 0 unspecified atom stereocenters. The summed E-state index contributed by atoms with van der Waals surface area (Å²) in [6, 6.07) is 0. The van der Waals surface area contributed by atoms with Crippen molar-refractivity contribution in [2.24, 2.45) is 23.2 Å². The van der Waals surface area contributed by atoms with Crippen LogP contribution in [0.2, 0.25) is 0 Å². The third-order valence-electron chi connectivity index (χ3n) is 7.55. The predicted molar refractivity (Wildman–Crippen MR) is 118 cm³/mol. The maximum Gasteiger partial charge on any atom is 0.311 e. The zero-order chi connectivity index (χ0) is 23.7. The molecular formula is C25H38O7. The maximum atomic E-state index is 13.0. The average molecular weight is 451 g/mol. The fraction of sp³-hybridized carbons (Fsp3) is 0.760. The molecule has 1 fully saturated rings. The normalized spacial score (nSPS) is 37.3. The third-order valence-corrected chi connectivity index (χ3v) is 7.55. The van der Waals surface area contributed by atoms with Crippen molar-refractivity contribution in [1.29, 1.82) is 0 Å². The molecule has 180 valence electrons. The number of esters is 2. The number of carbonyl (C=O) groups is 2. The van der Waals surface area contributed by atoms with E-state index in [0.29, 0.717) is 25.7 Å². The first-order valence-electron chi connectivity index (χ1n) is 11.8. The number of aliphatic hydroxyl groups is 1. The fourth-order valence-electron chi connectivity index (χ4n) is 5.14. The van der Waals surface area contributed by atoms with Crippen LogP contribution in [-0.2, 0) is 24.0 Å². The molecule has 0 radical (unpaired) electrons. The molecular weight excluding hydrogens is 412 g/mol. The molecule has 3 rings (SSSR count). The van der Waals surface area contributed by atoms with Gasteiger partial charge in [-0.3, -0.25) is 14.8 Å². The zero-order valence-corrected chi connectivity index (χ0v) is 19.9. The Morgan fingerprint density at radius 2 is 2.06 bits per heavy atom. The van der Waals surface area contributed by atoms with Crippen LogP contribution >= 0.6 is 0 Å². The van der Waals surface area contributed by atoms with E-state index in [9.17, 15) is 20.0 Å². The minimum Gasteiger partial charge on any atom is -0.462 e. The Morgan fingerprint density at radius 3 is 2.69 bits per heavy atom. The topological polar surface area (TPSA) is 102 Å². The van der Waals surface area contributed by atoms with Crippen LogP contribution in [0.3, 0.4) is 0 Å². The number of hydrogen-bond donors (Lipinski definition) is 2. The largest absolute Gasteiger partial charge is 0.462 e. The lowest BCUT2D eigenvalue weighted by Crippen LogP contribution is -2.48. The van der Waals surface area contributed by atoms with Gasteiger partial charge in [-0.2, -0.15) is 0 Å². The molecule has 7 atom stereocenters. The van der Waals surface area contributed by atoms with E-state index in [1.54, 1.807) is 6.92 Å². The summed E-state index contributed by atoms with van der Waals surface area (Å²) < 4.78 is 11.5. The standard InChI is InChI=1S/C25H38O7/c1-6-24(3,4)23(28)31-20-14-25(5,32-29)13-16-8-7-15(2)19(22(16)20)10-9-18-11-17(26)12-21(27)30-18/h7-8,13,15,17-20,22,26,29H,6,9-12,14H2,1-5H3/t15-,17+,18+,19-,20-,22-,25+/m0/s1. The van der Waals surface area contributed by atoms with Gasteiger partial charge in [0.2, 0.25) is 0 Å². The van der Waals surface area contributed by atoms with Gasteiger partial charge in [0.1, 0.15) is 17.8 Å². The van der Waals surface area contributed by atoms with Crippen LogP contribution in [0.5, 0.6) is 0 Å². The zero-order valence-electron chi connectivity index (χ0n) is 19.9. The molecule has 1 saturated heterocycles. The van der Waals surface area contributed by atoms with E-state index in [0.717, 1.165) is 12.0 Å². The smallest absolute Gasteiger partial charge is 0.311 e. The van der Waals surface area contributed by atoms with Gasteiger partial charge in [0.15, 0.2) is 0 Å². The Hall–Kier alpha value is -1.70. The molecule has 0 aromatic carbocycles. The molecule has 2 N–H and O–H groups in total. The van der Waals surface area contributed by atoms with Crippen molar-refractivity contribution >= 4 is 11.9 Å². The quantitative estimate of drug-likeness (QED) is 0.340. The van der Waals surface area contributed by atoms with Crippen LogP contribution in [0.4, 0.5) is 0 Å². The molecule has 3 aliphatic rings.